The number of methoxy groups -OCH3 is 1. The number of fused-ring (bicyclic) bond motifs is 1. The van der Waals surface area contributed by atoms with Gasteiger partial charge in [-0.05, 0) is 49.0 Å². The normalized spacial score (nSPS) is 18.5. The number of para-hydroxylation sites is 1. The highest BCUT2D eigenvalue weighted by Gasteiger charge is 2.43. The van der Waals surface area contributed by atoms with Gasteiger partial charge in [0.2, 0.25) is 5.54 Å². The predicted molar refractivity (Wildman–Crippen MR) is 148 cm³/mol. The maximum Gasteiger partial charge on any atom is 0.303 e. The van der Waals surface area contributed by atoms with E-state index in [-0.39, 0.29) is 26.1 Å². The Hall–Kier alpha value is -3.57. The van der Waals surface area contributed by atoms with Gasteiger partial charge in [-0.3, -0.25) is 24.1 Å². The topological polar surface area (TPSA) is 123 Å². The number of nitroso groups, excluding NO2 is 1. The van der Waals surface area contributed by atoms with Crippen molar-refractivity contribution >= 4 is 40.9 Å². The van der Waals surface area contributed by atoms with Crippen LogP contribution in [0.5, 0.6) is 5.75 Å². The van der Waals surface area contributed by atoms with Gasteiger partial charge >= 0.3 is 5.97 Å². The number of Topliss-reactive ketones (excluding diaryl/α,β-unsaturated/α-hetero) is 2. The molecule has 2 aromatic carbocycles. The smallest absolute Gasteiger partial charge is 0.303 e. The number of ether oxygens (including phenoxy) is 2. The van der Waals surface area contributed by atoms with Crippen LogP contribution < -0.4 is 9.64 Å². The quantitative estimate of drug-likeness (QED) is 0.218. The molecule has 11 heteroatoms. The van der Waals surface area contributed by atoms with Crippen molar-refractivity contribution in [1.82, 2.24) is 4.90 Å². The van der Waals surface area contributed by atoms with Crippen molar-refractivity contribution in [1.29, 1.82) is 0 Å². The zero-order valence-corrected chi connectivity index (χ0v) is 23.5. The van der Waals surface area contributed by atoms with Gasteiger partial charge in [-0.1, -0.05) is 31.2 Å². The number of rotatable bonds is 12. The summed E-state index contributed by atoms with van der Waals surface area (Å²) in [6.07, 6.45) is -1.09. The third-order valence-corrected chi connectivity index (χ3v) is 8.01. The lowest BCUT2D eigenvalue weighted by Crippen LogP contribution is -2.49. The second-order valence-corrected chi connectivity index (χ2v) is 10.6. The molecule has 0 saturated heterocycles. The van der Waals surface area contributed by atoms with Gasteiger partial charge in [0.1, 0.15) is 5.75 Å². The Kier molecular flexibility index (Phi) is 9.98. The number of carbonyl (C=O) groups excluding carboxylic acids is 4. The van der Waals surface area contributed by atoms with E-state index < -0.39 is 40.3 Å². The molecule has 39 heavy (non-hydrogen) atoms. The molecule has 10 nitrogen and oxygen atoms in total. The zero-order valence-electron chi connectivity index (χ0n) is 22.7. The van der Waals surface area contributed by atoms with Crippen LogP contribution in [-0.2, 0) is 23.9 Å². The van der Waals surface area contributed by atoms with Crippen LogP contribution in [0.3, 0.4) is 0 Å². The first-order valence-electron chi connectivity index (χ1n) is 12.5. The van der Waals surface area contributed by atoms with Gasteiger partial charge in [0.25, 0.3) is 5.91 Å². The molecule has 0 fully saturated rings. The number of benzene rings is 2. The maximum atomic E-state index is 13.9. The number of amides is 1. The van der Waals surface area contributed by atoms with Crippen LogP contribution in [0.2, 0.25) is 0 Å². The number of anilines is 1. The van der Waals surface area contributed by atoms with E-state index in [4.69, 9.17) is 9.47 Å². The van der Waals surface area contributed by atoms with Gasteiger partial charge in [-0.2, -0.15) is 0 Å². The minimum Gasteiger partial charge on any atom is -0.497 e. The number of nitrogens with zero attached hydrogens (tertiary/aromatic N) is 3. The monoisotopic (exact) mass is 555 g/mol. The van der Waals surface area contributed by atoms with Crippen LogP contribution in [-0.4, -0.2) is 73.8 Å². The molecule has 2 aromatic rings. The van der Waals surface area contributed by atoms with Crippen molar-refractivity contribution in [2.24, 2.45) is 5.18 Å². The summed E-state index contributed by atoms with van der Waals surface area (Å²) < 4.78 is 10.9. The highest BCUT2D eigenvalue weighted by Crippen LogP contribution is 2.46. The van der Waals surface area contributed by atoms with Crippen molar-refractivity contribution in [3.63, 3.8) is 0 Å². The van der Waals surface area contributed by atoms with Gasteiger partial charge in [0.15, 0.2) is 17.7 Å². The van der Waals surface area contributed by atoms with Gasteiger partial charge in [0.05, 0.1) is 24.6 Å². The first-order chi connectivity index (χ1) is 18.5. The van der Waals surface area contributed by atoms with Crippen molar-refractivity contribution < 1.29 is 28.7 Å². The summed E-state index contributed by atoms with van der Waals surface area (Å²) in [4.78, 5) is 66.4. The van der Waals surface area contributed by atoms with Crippen molar-refractivity contribution in [2.45, 2.75) is 49.0 Å². The summed E-state index contributed by atoms with van der Waals surface area (Å²) in [5.41, 5.74) is -0.501. The van der Waals surface area contributed by atoms with Crippen molar-refractivity contribution in [3.8, 4) is 5.75 Å². The summed E-state index contributed by atoms with van der Waals surface area (Å²) >= 11 is 1.43. The molecule has 0 spiro atoms. The molecule has 1 aliphatic rings. The molecule has 0 saturated carbocycles. The Morgan fingerprint density at radius 3 is 2.36 bits per heavy atom. The second-order valence-electron chi connectivity index (χ2n) is 9.40. The van der Waals surface area contributed by atoms with Crippen LogP contribution >= 0.6 is 11.8 Å². The number of hydrogen-bond acceptors (Lipinski definition) is 10. The first kappa shape index (κ1) is 30.0. The number of thioether (sulfide) groups is 1. The fraction of sp³-hybridized carbons (Fsp3) is 0.429. The first-order valence-corrected chi connectivity index (χ1v) is 13.4. The number of ketones is 2. The standard InChI is InChI=1S/C28H33N3O7S/c1-6-23(33)28(3,29-36)24(34)17-30(4)15-16-31-21-9-7-8-10-22(21)39-26(25(27(31)35)38-18(2)32)19-11-13-20(37-5)14-12-19/h7-14,25-26H,6,15-17H2,1-5H3/t25?,26-,28?/m0/s1. The summed E-state index contributed by atoms with van der Waals surface area (Å²) in [6, 6.07) is 14.7. The van der Waals surface area contributed by atoms with Crippen molar-refractivity contribution in [2.75, 3.05) is 38.7 Å². The maximum absolute atomic E-state index is 13.9. The summed E-state index contributed by atoms with van der Waals surface area (Å²) in [5.74, 6) is -1.47. The third kappa shape index (κ3) is 6.72. The van der Waals surface area contributed by atoms with Crippen LogP contribution in [0.25, 0.3) is 0 Å². The van der Waals surface area contributed by atoms with E-state index in [0.717, 1.165) is 10.5 Å². The molecule has 0 radical (unpaired) electrons. The highest BCUT2D eigenvalue weighted by molar-refractivity contribution is 7.99. The van der Waals surface area contributed by atoms with Crippen LogP contribution in [0.15, 0.2) is 58.6 Å². The molecular formula is C28H33N3O7S. The van der Waals surface area contributed by atoms with Crippen LogP contribution in [0.1, 0.15) is 38.0 Å². The van der Waals surface area contributed by atoms with Gasteiger partial charge in [-0.25, -0.2) is 0 Å². The molecule has 2 unspecified atom stereocenters. The molecule has 1 aliphatic heterocycles. The summed E-state index contributed by atoms with van der Waals surface area (Å²) in [5, 5.41) is 2.32. The SMILES string of the molecule is CCC(=O)C(C)(N=O)C(=O)CN(C)CCN1C(=O)C(OC(C)=O)[C@H](c2ccc(OC)cc2)Sc2ccccc21. The average molecular weight is 556 g/mol. The lowest BCUT2D eigenvalue weighted by atomic mass is 9.90. The van der Waals surface area contributed by atoms with Crippen molar-refractivity contribution in [3.05, 3.63) is 59.0 Å². The van der Waals surface area contributed by atoms with Crippen LogP contribution in [0, 0.1) is 4.91 Å². The Morgan fingerprint density at radius 2 is 1.77 bits per heavy atom. The third-order valence-electron chi connectivity index (χ3n) is 6.64. The summed E-state index contributed by atoms with van der Waals surface area (Å²) in [6.45, 7) is 4.28. The molecule has 1 heterocycles. The van der Waals surface area contributed by atoms with E-state index >= 15 is 0 Å². The molecule has 3 rings (SSSR count). The largest absolute Gasteiger partial charge is 0.497 e. The number of hydrogen-bond donors (Lipinski definition) is 0. The summed E-state index contributed by atoms with van der Waals surface area (Å²) in [7, 11) is 3.23. The van der Waals surface area contributed by atoms with E-state index in [1.54, 1.807) is 43.0 Å². The molecule has 0 N–H and O–H groups in total. The lowest BCUT2D eigenvalue weighted by molar-refractivity contribution is -0.152. The highest BCUT2D eigenvalue weighted by atomic mass is 32.2. The number of likely N-dealkylation sites (N-methyl/N-ethyl adjacent to an activating group) is 1. The van der Waals surface area contributed by atoms with Gasteiger partial charge in [-0.15, -0.1) is 16.7 Å². The fourth-order valence-electron chi connectivity index (χ4n) is 4.29. The molecule has 0 aromatic heterocycles. The molecule has 3 atom stereocenters. The van der Waals surface area contributed by atoms with Gasteiger partial charge in [0, 0.05) is 31.3 Å². The fourth-order valence-corrected chi connectivity index (χ4v) is 5.61. The van der Waals surface area contributed by atoms with E-state index in [2.05, 4.69) is 5.18 Å². The molecular weight excluding hydrogens is 522 g/mol. The minimum atomic E-state index is -1.95. The number of carbonyl (C=O) groups is 4. The van der Waals surface area contributed by atoms with E-state index in [9.17, 15) is 24.1 Å². The molecule has 0 aliphatic carbocycles. The molecule has 1 amide bonds. The number of esters is 1. The minimum absolute atomic E-state index is 0.0152. The van der Waals surface area contributed by atoms with Crippen LogP contribution in [0.4, 0.5) is 5.69 Å². The molecule has 208 valence electrons. The van der Waals surface area contributed by atoms with E-state index in [1.807, 2.05) is 36.4 Å². The predicted octanol–water partition coefficient (Wildman–Crippen LogP) is 3.81. The zero-order chi connectivity index (χ0) is 28.7. The Balaban J connectivity index is 1.89. The average Bonchev–Trinajstić information content (AvgIpc) is 3.04. The Bertz CT molecular complexity index is 1240. The molecule has 0 bridgehead atoms. The second kappa shape index (κ2) is 13.0. The lowest BCUT2D eigenvalue weighted by Gasteiger charge is -2.29. The Morgan fingerprint density at radius 1 is 1.10 bits per heavy atom. The van der Waals surface area contributed by atoms with E-state index in [1.165, 1.54) is 25.6 Å². The Labute approximate surface area is 232 Å². The van der Waals surface area contributed by atoms with E-state index in [0.29, 0.717) is 11.4 Å². The van der Waals surface area contributed by atoms with Gasteiger partial charge < -0.3 is 14.4 Å².